The number of alkyl halides is 3. The van der Waals surface area contributed by atoms with Gasteiger partial charge in [-0.15, -0.1) is 0 Å². The molecule has 0 amide bonds. The molecule has 0 aromatic carbocycles. The lowest BCUT2D eigenvalue weighted by Gasteiger charge is -2.08. The van der Waals surface area contributed by atoms with Crippen LogP contribution in [0.25, 0.3) is 0 Å². The van der Waals surface area contributed by atoms with Gasteiger partial charge in [-0.25, -0.2) is 13.1 Å². The summed E-state index contributed by atoms with van der Waals surface area (Å²) < 4.78 is 61.6. The van der Waals surface area contributed by atoms with Crippen LogP contribution in [0.5, 0.6) is 0 Å². The van der Waals surface area contributed by atoms with E-state index in [1.165, 1.54) is 4.72 Å². The van der Waals surface area contributed by atoms with Gasteiger partial charge >= 0.3 is 21.5 Å². The molecule has 0 aliphatic carbocycles. The molecule has 98 valence electrons. The summed E-state index contributed by atoms with van der Waals surface area (Å²) >= 11 is 0. The molecular weight excluding hydrogens is 275 g/mol. The number of halogens is 4. The van der Waals surface area contributed by atoms with Crippen molar-refractivity contribution in [1.29, 1.82) is 0 Å². The predicted molar refractivity (Wildman–Crippen MR) is 44.2 cm³/mol. The van der Waals surface area contributed by atoms with Crippen molar-refractivity contribution in [2.24, 2.45) is 0 Å². The Morgan fingerprint density at radius 2 is 1.88 bits per heavy atom. The van der Waals surface area contributed by atoms with E-state index >= 15 is 0 Å². The van der Waals surface area contributed by atoms with Crippen LogP contribution in [0.2, 0.25) is 0 Å². The van der Waals surface area contributed by atoms with Crippen molar-refractivity contribution >= 4 is 16.0 Å². The Morgan fingerprint density at radius 1 is 1.38 bits per heavy atom. The van der Waals surface area contributed by atoms with Gasteiger partial charge in [0.15, 0.2) is 0 Å². The van der Waals surface area contributed by atoms with Gasteiger partial charge in [-0.1, -0.05) is 0 Å². The Labute approximate surface area is 96.8 Å². The van der Waals surface area contributed by atoms with Crippen LogP contribution in [0.3, 0.4) is 0 Å². The standard InChI is InChI=1S/C6H10F3NO4S.ClH/c1-14-5(11)3-2-4-10-15(12,13)6(7,8)9;/h10H,2-4H2,1H3;1H/p-1. The zero-order valence-electron chi connectivity index (χ0n) is 8.17. The maximum absolute atomic E-state index is 11.7. The van der Waals surface area contributed by atoms with E-state index in [0.29, 0.717) is 0 Å². The van der Waals surface area contributed by atoms with Gasteiger partial charge < -0.3 is 17.1 Å². The van der Waals surface area contributed by atoms with E-state index < -0.39 is 28.0 Å². The molecule has 0 unspecified atom stereocenters. The third-order valence-corrected chi connectivity index (χ3v) is 2.58. The van der Waals surface area contributed by atoms with Crippen molar-refractivity contribution in [3.05, 3.63) is 0 Å². The maximum Gasteiger partial charge on any atom is 0.511 e. The van der Waals surface area contributed by atoms with Crippen LogP contribution in [-0.4, -0.2) is 33.5 Å². The summed E-state index contributed by atoms with van der Waals surface area (Å²) in [5, 5.41) is 0. The number of sulfonamides is 1. The molecule has 10 heteroatoms. The van der Waals surface area contributed by atoms with Crippen molar-refractivity contribution in [2.75, 3.05) is 13.7 Å². The first-order valence-electron chi connectivity index (χ1n) is 3.83. The van der Waals surface area contributed by atoms with E-state index in [0.717, 1.165) is 7.11 Å². The number of hydrogen-bond acceptors (Lipinski definition) is 4. The minimum atomic E-state index is -5.32. The van der Waals surface area contributed by atoms with Gasteiger partial charge in [-0.05, 0) is 6.42 Å². The van der Waals surface area contributed by atoms with Crippen LogP contribution in [0, 0.1) is 0 Å². The topological polar surface area (TPSA) is 72.5 Å². The van der Waals surface area contributed by atoms with Crippen LogP contribution >= 0.6 is 0 Å². The molecular formula is C6H10ClF3NO4S-. The number of methoxy groups -OCH3 is 1. The zero-order chi connectivity index (χ0) is 12.1. The molecule has 0 bridgehead atoms. The minimum Gasteiger partial charge on any atom is -1.00 e. The number of nitrogens with one attached hydrogen (secondary N) is 1. The SMILES string of the molecule is COC(=O)CCCNS(=O)(=O)C(F)(F)F.[Cl-]. The van der Waals surface area contributed by atoms with E-state index in [1.54, 1.807) is 0 Å². The predicted octanol–water partition coefficient (Wildman–Crippen LogP) is -2.62. The molecule has 0 aliphatic rings. The second-order valence-corrected chi connectivity index (χ2v) is 4.28. The first-order chi connectivity index (χ1) is 6.70. The number of esters is 1. The largest absolute Gasteiger partial charge is 1.00 e. The lowest BCUT2D eigenvalue weighted by atomic mass is 10.3. The molecule has 0 saturated heterocycles. The molecule has 0 rings (SSSR count). The van der Waals surface area contributed by atoms with Crippen molar-refractivity contribution in [2.45, 2.75) is 18.3 Å². The summed E-state index contributed by atoms with van der Waals surface area (Å²) in [5.41, 5.74) is -5.32. The number of ether oxygens (including phenoxy) is 1. The average molecular weight is 285 g/mol. The molecule has 5 nitrogen and oxygen atoms in total. The van der Waals surface area contributed by atoms with Gasteiger partial charge in [0, 0.05) is 13.0 Å². The fourth-order valence-corrected chi connectivity index (χ4v) is 1.20. The highest BCUT2D eigenvalue weighted by Gasteiger charge is 2.45. The Morgan fingerprint density at radius 3 is 2.25 bits per heavy atom. The lowest BCUT2D eigenvalue weighted by Crippen LogP contribution is -3.00. The normalized spacial score (nSPS) is 11.8. The van der Waals surface area contributed by atoms with Crippen molar-refractivity contribution in [1.82, 2.24) is 4.72 Å². The third kappa shape index (κ3) is 6.13. The summed E-state index contributed by atoms with van der Waals surface area (Å²) in [5.74, 6) is -0.610. The number of rotatable bonds is 5. The molecule has 0 heterocycles. The van der Waals surface area contributed by atoms with Gasteiger partial charge in [0.1, 0.15) is 0 Å². The van der Waals surface area contributed by atoms with E-state index in [1.807, 2.05) is 0 Å². The van der Waals surface area contributed by atoms with Crippen LogP contribution in [0.15, 0.2) is 0 Å². The van der Waals surface area contributed by atoms with E-state index in [2.05, 4.69) is 4.74 Å². The van der Waals surface area contributed by atoms with Gasteiger partial charge in [0.25, 0.3) is 0 Å². The first kappa shape index (κ1) is 17.8. The fourth-order valence-electron chi connectivity index (χ4n) is 0.623. The second kappa shape index (κ2) is 6.92. The Bertz CT molecular complexity index is 316. The van der Waals surface area contributed by atoms with Crippen LogP contribution in [0.1, 0.15) is 12.8 Å². The summed E-state index contributed by atoms with van der Waals surface area (Å²) in [7, 11) is -4.18. The Kier molecular flexibility index (Phi) is 7.71. The van der Waals surface area contributed by atoms with Gasteiger partial charge in [0.2, 0.25) is 0 Å². The molecule has 0 radical (unpaired) electrons. The van der Waals surface area contributed by atoms with Crippen LogP contribution in [-0.2, 0) is 19.6 Å². The Balaban J connectivity index is 0. The molecule has 0 aliphatic heterocycles. The molecule has 0 atom stereocenters. The minimum absolute atomic E-state index is 0. The molecule has 0 aromatic rings. The van der Waals surface area contributed by atoms with Gasteiger partial charge in [-0.3, -0.25) is 4.79 Å². The lowest BCUT2D eigenvalue weighted by molar-refractivity contribution is -0.140. The van der Waals surface area contributed by atoms with E-state index in [4.69, 9.17) is 0 Å². The zero-order valence-corrected chi connectivity index (χ0v) is 9.75. The smallest absolute Gasteiger partial charge is 0.511 e. The van der Waals surface area contributed by atoms with Crippen molar-refractivity contribution in [3.63, 3.8) is 0 Å². The molecule has 0 spiro atoms. The highest BCUT2D eigenvalue weighted by atomic mass is 35.5. The van der Waals surface area contributed by atoms with Crippen molar-refractivity contribution in [3.8, 4) is 0 Å². The second-order valence-electron chi connectivity index (χ2n) is 2.52. The number of hydrogen-bond donors (Lipinski definition) is 1. The average Bonchev–Trinajstić information content (AvgIpc) is 2.10. The first-order valence-corrected chi connectivity index (χ1v) is 5.32. The summed E-state index contributed by atoms with van der Waals surface area (Å²) in [6, 6.07) is 0. The van der Waals surface area contributed by atoms with Crippen LogP contribution in [0.4, 0.5) is 13.2 Å². The maximum atomic E-state index is 11.7. The molecule has 0 saturated carbocycles. The third-order valence-electron chi connectivity index (χ3n) is 1.38. The highest BCUT2D eigenvalue weighted by molar-refractivity contribution is 7.90. The van der Waals surface area contributed by atoms with Gasteiger partial charge in [-0.2, -0.15) is 13.2 Å². The van der Waals surface area contributed by atoms with E-state index in [9.17, 15) is 26.4 Å². The molecule has 0 fully saturated rings. The quantitative estimate of drug-likeness (QED) is 0.443. The van der Waals surface area contributed by atoms with E-state index in [-0.39, 0.29) is 25.2 Å². The number of carbonyl (C=O) groups is 1. The summed E-state index contributed by atoms with van der Waals surface area (Å²) in [6.07, 6.45) is -0.196. The van der Waals surface area contributed by atoms with Crippen LogP contribution < -0.4 is 17.1 Å². The molecule has 1 N–H and O–H groups in total. The number of carbonyl (C=O) groups excluding carboxylic acids is 1. The van der Waals surface area contributed by atoms with Gasteiger partial charge in [0.05, 0.1) is 7.11 Å². The Hall–Kier alpha value is -0.540. The van der Waals surface area contributed by atoms with Crippen molar-refractivity contribution < 1.29 is 43.5 Å². The fraction of sp³-hybridized carbons (Fsp3) is 0.833. The highest BCUT2D eigenvalue weighted by Crippen LogP contribution is 2.21. The summed E-state index contributed by atoms with van der Waals surface area (Å²) in [6.45, 7) is -0.461. The molecule has 0 aromatic heterocycles. The monoisotopic (exact) mass is 284 g/mol. The molecule has 16 heavy (non-hydrogen) atoms. The summed E-state index contributed by atoms with van der Waals surface area (Å²) in [4.78, 5) is 10.5.